The Balaban J connectivity index is 1.59. The van der Waals surface area contributed by atoms with Crippen LogP contribution in [0.5, 0.6) is 0 Å². The molecule has 0 spiro atoms. The van der Waals surface area contributed by atoms with E-state index in [2.05, 4.69) is 24.4 Å². The van der Waals surface area contributed by atoms with Gasteiger partial charge in [0.2, 0.25) is 0 Å². The molecule has 0 radical (unpaired) electrons. The van der Waals surface area contributed by atoms with E-state index in [0.29, 0.717) is 6.04 Å². The highest BCUT2D eigenvalue weighted by Crippen LogP contribution is 2.27. The van der Waals surface area contributed by atoms with Crippen LogP contribution in [0.25, 0.3) is 0 Å². The van der Waals surface area contributed by atoms with Crippen molar-refractivity contribution in [3.8, 4) is 0 Å². The van der Waals surface area contributed by atoms with E-state index in [1.807, 2.05) is 6.07 Å². The molecule has 0 bridgehead atoms. The maximum absolute atomic E-state index is 12.4. The summed E-state index contributed by atoms with van der Waals surface area (Å²) in [7, 11) is 0. The lowest BCUT2D eigenvalue weighted by Crippen LogP contribution is -2.37. The summed E-state index contributed by atoms with van der Waals surface area (Å²) in [5.74, 6) is 1.00. The van der Waals surface area contributed by atoms with Crippen molar-refractivity contribution >= 4 is 5.91 Å². The van der Waals surface area contributed by atoms with Crippen LogP contribution in [0, 0.1) is 5.92 Å². The molecule has 2 aliphatic rings. The zero-order chi connectivity index (χ0) is 13.9. The molecular weight excluding hydrogens is 246 g/mol. The fourth-order valence-corrected chi connectivity index (χ4v) is 3.70. The van der Waals surface area contributed by atoms with Gasteiger partial charge in [-0.25, -0.2) is 0 Å². The van der Waals surface area contributed by atoms with Crippen LogP contribution in [0.3, 0.4) is 0 Å². The van der Waals surface area contributed by atoms with Gasteiger partial charge < -0.3 is 5.32 Å². The fraction of sp³-hybridized carbons (Fsp3) is 0.611. The van der Waals surface area contributed by atoms with Crippen molar-refractivity contribution in [3.05, 3.63) is 34.9 Å². The number of hydrogen-bond acceptors (Lipinski definition) is 1. The van der Waals surface area contributed by atoms with Crippen molar-refractivity contribution < 1.29 is 4.79 Å². The summed E-state index contributed by atoms with van der Waals surface area (Å²) < 4.78 is 0. The van der Waals surface area contributed by atoms with Crippen LogP contribution in [-0.2, 0) is 12.8 Å². The quantitative estimate of drug-likeness (QED) is 0.888. The van der Waals surface area contributed by atoms with Gasteiger partial charge in [0.25, 0.3) is 5.91 Å². The predicted octanol–water partition coefficient (Wildman–Crippen LogP) is 3.87. The van der Waals surface area contributed by atoms with Gasteiger partial charge in [-0.3, -0.25) is 4.79 Å². The Morgan fingerprint density at radius 3 is 2.65 bits per heavy atom. The summed E-state index contributed by atoms with van der Waals surface area (Å²) in [6, 6.07) is 6.64. The lowest BCUT2D eigenvalue weighted by atomic mass is 9.84. The molecule has 1 N–H and O–H groups in total. The van der Waals surface area contributed by atoms with Crippen LogP contribution >= 0.6 is 0 Å². The molecule has 1 aromatic rings. The number of carbonyl (C=O) groups excluding carboxylic acids is 1. The fourth-order valence-electron chi connectivity index (χ4n) is 3.70. The third-order valence-corrected chi connectivity index (χ3v) is 5.12. The third-order valence-electron chi connectivity index (χ3n) is 5.12. The Hall–Kier alpha value is -1.31. The highest BCUT2D eigenvalue weighted by molar-refractivity contribution is 5.94. The zero-order valence-electron chi connectivity index (χ0n) is 12.5. The molecule has 2 nitrogen and oxygen atoms in total. The molecule has 2 heteroatoms. The van der Waals surface area contributed by atoms with Crippen molar-refractivity contribution in [1.29, 1.82) is 0 Å². The number of amides is 1. The lowest BCUT2D eigenvalue weighted by Gasteiger charge is -2.28. The molecule has 0 atom stereocenters. The molecule has 108 valence electrons. The van der Waals surface area contributed by atoms with Crippen LogP contribution in [0.4, 0.5) is 0 Å². The largest absolute Gasteiger partial charge is 0.349 e. The van der Waals surface area contributed by atoms with Crippen LogP contribution in [-0.4, -0.2) is 11.9 Å². The number of hydrogen-bond donors (Lipinski definition) is 1. The summed E-state index contributed by atoms with van der Waals surface area (Å²) in [6.07, 6.45) is 9.67. The molecule has 20 heavy (non-hydrogen) atoms. The van der Waals surface area contributed by atoms with E-state index >= 15 is 0 Å². The number of nitrogens with one attached hydrogen (secondary N) is 1. The topological polar surface area (TPSA) is 29.1 Å². The van der Waals surface area contributed by atoms with E-state index in [4.69, 9.17) is 0 Å². The highest BCUT2D eigenvalue weighted by atomic mass is 16.1. The Morgan fingerprint density at radius 1 is 1.15 bits per heavy atom. The van der Waals surface area contributed by atoms with E-state index in [1.54, 1.807) is 0 Å². The predicted molar refractivity (Wildman–Crippen MR) is 82.0 cm³/mol. The number of aryl methyl sites for hydroxylation is 2. The molecule has 0 unspecified atom stereocenters. The second-order valence-corrected chi connectivity index (χ2v) is 6.44. The Bertz CT molecular complexity index is 486. The van der Waals surface area contributed by atoms with Crippen molar-refractivity contribution in [3.63, 3.8) is 0 Å². The van der Waals surface area contributed by atoms with Gasteiger partial charge in [0.15, 0.2) is 0 Å². The minimum absolute atomic E-state index is 0.125. The van der Waals surface area contributed by atoms with Gasteiger partial charge in [0, 0.05) is 11.6 Å². The molecule has 0 saturated heterocycles. The first-order valence-corrected chi connectivity index (χ1v) is 8.19. The Kier molecular flexibility index (Phi) is 4.09. The molecule has 0 aromatic heterocycles. The summed E-state index contributed by atoms with van der Waals surface area (Å²) in [6.45, 7) is 2.27. The second kappa shape index (κ2) is 5.99. The van der Waals surface area contributed by atoms with Crippen LogP contribution in [0.2, 0.25) is 0 Å². The van der Waals surface area contributed by atoms with Crippen molar-refractivity contribution in [2.45, 2.75) is 64.3 Å². The minimum Gasteiger partial charge on any atom is -0.349 e. The summed E-state index contributed by atoms with van der Waals surface area (Å²) in [5, 5.41) is 3.23. The Labute approximate surface area is 122 Å². The van der Waals surface area contributed by atoms with Gasteiger partial charge >= 0.3 is 0 Å². The van der Waals surface area contributed by atoms with Gasteiger partial charge in [0.1, 0.15) is 0 Å². The van der Waals surface area contributed by atoms with E-state index in [9.17, 15) is 4.79 Å². The molecule has 2 aliphatic carbocycles. The maximum atomic E-state index is 12.4. The lowest BCUT2D eigenvalue weighted by molar-refractivity contribution is 0.0921. The SMILES string of the molecule is CCC1CCC(NC(=O)c2ccc3c(c2)CCC3)CC1. The van der Waals surface area contributed by atoms with Gasteiger partial charge in [-0.1, -0.05) is 19.4 Å². The number of carbonyl (C=O) groups is 1. The van der Waals surface area contributed by atoms with Crippen LogP contribution in [0.1, 0.15) is 66.9 Å². The molecule has 1 aromatic carbocycles. The number of rotatable bonds is 3. The van der Waals surface area contributed by atoms with Crippen molar-refractivity contribution in [1.82, 2.24) is 5.32 Å². The monoisotopic (exact) mass is 271 g/mol. The maximum Gasteiger partial charge on any atom is 0.251 e. The van der Waals surface area contributed by atoms with Crippen molar-refractivity contribution in [2.24, 2.45) is 5.92 Å². The van der Waals surface area contributed by atoms with E-state index < -0.39 is 0 Å². The highest BCUT2D eigenvalue weighted by Gasteiger charge is 2.22. The normalized spacial score (nSPS) is 25.2. The third kappa shape index (κ3) is 2.89. The van der Waals surface area contributed by atoms with E-state index in [-0.39, 0.29) is 5.91 Å². The molecule has 3 rings (SSSR count). The average molecular weight is 271 g/mol. The average Bonchev–Trinajstić information content (AvgIpc) is 2.95. The van der Waals surface area contributed by atoms with Gasteiger partial charge in [-0.15, -0.1) is 0 Å². The molecule has 1 amide bonds. The van der Waals surface area contributed by atoms with E-state index in [1.165, 1.54) is 43.2 Å². The summed E-state index contributed by atoms with van der Waals surface area (Å²) in [4.78, 5) is 12.4. The molecule has 1 fully saturated rings. The molecule has 1 saturated carbocycles. The second-order valence-electron chi connectivity index (χ2n) is 6.44. The number of fused-ring (bicyclic) bond motifs is 1. The summed E-state index contributed by atoms with van der Waals surface area (Å²) in [5.41, 5.74) is 3.67. The van der Waals surface area contributed by atoms with Crippen LogP contribution in [0.15, 0.2) is 18.2 Å². The Morgan fingerprint density at radius 2 is 1.90 bits per heavy atom. The standard InChI is InChI=1S/C18H25NO/c1-2-13-6-10-17(11-7-13)19-18(20)16-9-8-14-4-3-5-15(14)12-16/h8-9,12-13,17H,2-7,10-11H2,1H3,(H,19,20). The van der Waals surface area contributed by atoms with Crippen molar-refractivity contribution in [2.75, 3.05) is 0 Å². The molecular formula is C18H25NO. The minimum atomic E-state index is 0.125. The van der Waals surface area contributed by atoms with Gasteiger partial charge in [0.05, 0.1) is 0 Å². The molecule has 0 aliphatic heterocycles. The zero-order valence-corrected chi connectivity index (χ0v) is 12.5. The van der Waals surface area contributed by atoms with E-state index in [0.717, 1.165) is 30.7 Å². The first kappa shape index (κ1) is 13.7. The smallest absolute Gasteiger partial charge is 0.251 e. The summed E-state index contributed by atoms with van der Waals surface area (Å²) >= 11 is 0. The first-order chi connectivity index (χ1) is 9.76. The van der Waals surface area contributed by atoms with Gasteiger partial charge in [-0.05, 0) is 74.1 Å². The molecule has 0 heterocycles. The number of benzene rings is 1. The first-order valence-electron chi connectivity index (χ1n) is 8.19. The van der Waals surface area contributed by atoms with Gasteiger partial charge in [-0.2, -0.15) is 0 Å². The van der Waals surface area contributed by atoms with Crippen LogP contribution < -0.4 is 5.32 Å².